The Morgan fingerprint density at radius 2 is 2.11 bits per heavy atom. The third-order valence-corrected chi connectivity index (χ3v) is 2.76. The molecule has 18 heavy (non-hydrogen) atoms. The molecule has 1 aliphatic rings. The Labute approximate surface area is 112 Å². The standard InChI is InChI=1S/C12H16FN3O.ClH/c1-16(2)12(17)10-4-3-8(5-11(10)13)15-9-6-14-7-9;/h3-5,9,14-15H,6-7H2,1-2H3;1H. The van der Waals surface area contributed by atoms with Crippen molar-refractivity contribution in [2.24, 2.45) is 0 Å². The molecule has 1 amide bonds. The molecular formula is C12H17ClFN3O. The van der Waals surface area contributed by atoms with Crippen molar-refractivity contribution < 1.29 is 9.18 Å². The Kier molecular flexibility index (Phi) is 4.93. The zero-order chi connectivity index (χ0) is 12.4. The van der Waals surface area contributed by atoms with E-state index in [9.17, 15) is 9.18 Å². The van der Waals surface area contributed by atoms with E-state index in [1.165, 1.54) is 17.0 Å². The fraction of sp³-hybridized carbons (Fsp3) is 0.417. The van der Waals surface area contributed by atoms with E-state index in [4.69, 9.17) is 0 Å². The number of amides is 1. The summed E-state index contributed by atoms with van der Waals surface area (Å²) in [5.74, 6) is -0.805. The summed E-state index contributed by atoms with van der Waals surface area (Å²) in [5, 5.41) is 6.31. The minimum Gasteiger partial charge on any atom is -0.380 e. The van der Waals surface area contributed by atoms with Crippen LogP contribution in [0, 0.1) is 5.82 Å². The molecule has 1 aliphatic heterocycles. The Morgan fingerprint density at radius 3 is 2.56 bits per heavy atom. The fourth-order valence-corrected chi connectivity index (χ4v) is 1.65. The first-order chi connectivity index (χ1) is 8.08. The van der Waals surface area contributed by atoms with E-state index in [0.717, 1.165) is 13.1 Å². The Balaban J connectivity index is 0.00000162. The molecule has 0 aliphatic carbocycles. The van der Waals surface area contributed by atoms with E-state index < -0.39 is 5.82 Å². The smallest absolute Gasteiger partial charge is 0.256 e. The number of hydrogen-bond donors (Lipinski definition) is 2. The van der Waals surface area contributed by atoms with E-state index in [1.807, 2.05) is 0 Å². The predicted octanol–water partition coefficient (Wildman–Crippen LogP) is 1.33. The van der Waals surface area contributed by atoms with Gasteiger partial charge in [0.15, 0.2) is 0 Å². The van der Waals surface area contributed by atoms with E-state index >= 15 is 0 Å². The van der Waals surface area contributed by atoms with Crippen molar-refractivity contribution in [3.05, 3.63) is 29.6 Å². The van der Waals surface area contributed by atoms with Gasteiger partial charge in [-0.15, -0.1) is 12.4 Å². The first-order valence-corrected chi connectivity index (χ1v) is 5.56. The van der Waals surface area contributed by atoms with Crippen LogP contribution in [-0.2, 0) is 0 Å². The lowest BCUT2D eigenvalue weighted by Gasteiger charge is -2.29. The van der Waals surface area contributed by atoms with Crippen molar-refractivity contribution in [1.29, 1.82) is 0 Å². The highest BCUT2D eigenvalue weighted by atomic mass is 35.5. The second kappa shape index (κ2) is 6.02. The highest BCUT2D eigenvalue weighted by Gasteiger charge is 2.18. The summed E-state index contributed by atoms with van der Waals surface area (Å²) in [4.78, 5) is 13.0. The number of nitrogens with zero attached hydrogens (tertiary/aromatic N) is 1. The third kappa shape index (κ3) is 3.11. The second-order valence-electron chi connectivity index (χ2n) is 4.39. The summed E-state index contributed by atoms with van der Waals surface area (Å²) in [6.45, 7) is 1.78. The lowest BCUT2D eigenvalue weighted by molar-refractivity contribution is 0.0823. The van der Waals surface area contributed by atoms with Gasteiger partial charge in [0.2, 0.25) is 0 Å². The van der Waals surface area contributed by atoms with Crippen molar-refractivity contribution in [2.75, 3.05) is 32.5 Å². The topological polar surface area (TPSA) is 44.4 Å². The number of rotatable bonds is 3. The van der Waals surface area contributed by atoms with Crippen LogP contribution < -0.4 is 10.6 Å². The normalized spacial score (nSPS) is 14.4. The van der Waals surface area contributed by atoms with Gasteiger partial charge in [-0.1, -0.05) is 0 Å². The summed E-state index contributed by atoms with van der Waals surface area (Å²) in [6, 6.07) is 4.98. The molecule has 1 aromatic rings. The molecule has 1 aromatic carbocycles. The third-order valence-electron chi connectivity index (χ3n) is 2.76. The summed E-state index contributed by atoms with van der Waals surface area (Å²) < 4.78 is 13.7. The zero-order valence-electron chi connectivity index (χ0n) is 10.4. The number of hydrogen-bond acceptors (Lipinski definition) is 3. The van der Waals surface area contributed by atoms with E-state index in [0.29, 0.717) is 11.7 Å². The second-order valence-corrected chi connectivity index (χ2v) is 4.39. The van der Waals surface area contributed by atoms with Gasteiger partial charge in [-0.3, -0.25) is 4.79 Å². The van der Waals surface area contributed by atoms with Gasteiger partial charge in [0.05, 0.1) is 11.6 Å². The molecule has 0 saturated carbocycles. The molecule has 6 heteroatoms. The van der Waals surface area contributed by atoms with Crippen molar-refractivity contribution >= 4 is 24.0 Å². The number of benzene rings is 1. The van der Waals surface area contributed by atoms with Gasteiger partial charge in [0.1, 0.15) is 5.82 Å². The van der Waals surface area contributed by atoms with Crippen LogP contribution in [0.1, 0.15) is 10.4 Å². The molecule has 0 unspecified atom stereocenters. The maximum absolute atomic E-state index is 13.7. The summed E-state index contributed by atoms with van der Waals surface area (Å²) >= 11 is 0. The van der Waals surface area contributed by atoms with Crippen LogP contribution >= 0.6 is 12.4 Å². The average molecular weight is 274 g/mol. The van der Waals surface area contributed by atoms with Crippen LogP contribution in [0.15, 0.2) is 18.2 Å². The Morgan fingerprint density at radius 1 is 1.44 bits per heavy atom. The molecule has 2 N–H and O–H groups in total. The minimum absolute atomic E-state index is 0. The lowest BCUT2D eigenvalue weighted by Crippen LogP contribution is -2.51. The summed E-state index contributed by atoms with van der Waals surface area (Å²) in [6.07, 6.45) is 0. The molecule has 0 radical (unpaired) electrons. The molecule has 4 nitrogen and oxygen atoms in total. The maximum atomic E-state index is 13.7. The molecule has 0 spiro atoms. The molecule has 1 saturated heterocycles. The van der Waals surface area contributed by atoms with Crippen molar-refractivity contribution in [2.45, 2.75) is 6.04 Å². The first kappa shape index (κ1) is 14.7. The maximum Gasteiger partial charge on any atom is 0.256 e. The summed E-state index contributed by atoms with van der Waals surface area (Å²) in [5.41, 5.74) is 0.816. The van der Waals surface area contributed by atoms with Gasteiger partial charge in [0, 0.05) is 32.9 Å². The van der Waals surface area contributed by atoms with Gasteiger partial charge >= 0.3 is 0 Å². The largest absolute Gasteiger partial charge is 0.380 e. The number of carbonyl (C=O) groups is 1. The van der Waals surface area contributed by atoms with Gasteiger partial charge in [-0.05, 0) is 18.2 Å². The Bertz CT molecular complexity index is 435. The highest BCUT2D eigenvalue weighted by molar-refractivity contribution is 5.94. The van der Waals surface area contributed by atoms with Crippen molar-refractivity contribution in [1.82, 2.24) is 10.2 Å². The molecule has 100 valence electrons. The van der Waals surface area contributed by atoms with Crippen LogP contribution in [0.25, 0.3) is 0 Å². The van der Waals surface area contributed by atoms with Crippen LogP contribution in [-0.4, -0.2) is 44.0 Å². The number of anilines is 1. The van der Waals surface area contributed by atoms with Crippen LogP contribution in [0.3, 0.4) is 0 Å². The van der Waals surface area contributed by atoms with Crippen molar-refractivity contribution in [3.63, 3.8) is 0 Å². The predicted molar refractivity (Wildman–Crippen MR) is 71.9 cm³/mol. The minimum atomic E-state index is -0.485. The number of carbonyl (C=O) groups excluding carboxylic acids is 1. The van der Waals surface area contributed by atoms with Crippen LogP contribution in [0.2, 0.25) is 0 Å². The van der Waals surface area contributed by atoms with Crippen molar-refractivity contribution in [3.8, 4) is 0 Å². The molecule has 1 heterocycles. The van der Waals surface area contributed by atoms with Gasteiger partial charge < -0.3 is 15.5 Å². The van der Waals surface area contributed by atoms with Crippen LogP contribution in [0.4, 0.5) is 10.1 Å². The highest BCUT2D eigenvalue weighted by Crippen LogP contribution is 2.17. The number of halogens is 2. The molecule has 2 rings (SSSR count). The average Bonchev–Trinajstić information content (AvgIpc) is 2.22. The van der Waals surface area contributed by atoms with E-state index in [2.05, 4.69) is 10.6 Å². The monoisotopic (exact) mass is 273 g/mol. The van der Waals surface area contributed by atoms with Crippen LogP contribution in [0.5, 0.6) is 0 Å². The quantitative estimate of drug-likeness (QED) is 0.873. The fourth-order valence-electron chi connectivity index (χ4n) is 1.65. The van der Waals surface area contributed by atoms with E-state index in [-0.39, 0.29) is 23.9 Å². The molecule has 0 bridgehead atoms. The van der Waals surface area contributed by atoms with Gasteiger partial charge in [-0.25, -0.2) is 4.39 Å². The molecule has 0 aromatic heterocycles. The first-order valence-electron chi connectivity index (χ1n) is 5.56. The molecular weight excluding hydrogens is 257 g/mol. The number of nitrogens with one attached hydrogen (secondary N) is 2. The molecule has 1 fully saturated rings. The Hall–Kier alpha value is -1.33. The SMILES string of the molecule is CN(C)C(=O)c1ccc(NC2CNC2)cc1F.Cl. The summed E-state index contributed by atoms with van der Waals surface area (Å²) in [7, 11) is 3.21. The molecule has 0 atom stereocenters. The van der Waals surface area contributed by atoms with Gasteiger partial charge in [-0.2, -0.15) is 0 Å². The zero-order valence-corrected chi connectivity index (χ0v) is 11.2. The van der Waals surface area contributed by atoms with E-state index in [1.54, 1.807) is 20.2 Å². The lowest BCUT2D eigenvalue weighted by atomic mass is 10.1. The van der Waals surface area contributed by atoms with Gasteiger partial charge in [0.25, 0.3) is 5.91 Å².